The van der Waals surface area contributed by atoms with Gasteiger partial charge in [0.15, 0.2) is 0 Å². The van der Waals surface area contributed by atoms with Gasteiger partial charge in [0.05, 0.1) is 8.07 Å². The van der Waals surface area contributed by atoms with E-state index in [1.807, 2.05) is 0 Å². The molecule has 0 spiro atoms. The fraction of sp³-hybridized carbons (Fsp3) is 0.667. The van der Waals surface area contributed by atoms with Crippen molar-refractivity contribution in [1.29, 1.82) is 0 Å². The van der Waals surface area contributed by atoms with Crippen LogP contribution in [0.5, 0.6) is 0 Å². The lowest BCUT2D eigenvalue weighted by Crippen LogP contribution is -2.22. The summed E-state index contributed by atoms with van der Waals surface area (Å²) in [5, 5.41) is 0. The molecule has 1 aliphatic heterocycles. The molecule has 0 fully saturated rings. The summed E-state index contributed by atoms with van der Waals surface area (Å²) in [6, 6.07) is 2.25. The standard InChI is InChI=1S/C12H18Si/c1-13(2)11-9-7-5-3-4-6-8-10-12-13/h3-6,11-12H2,1-2H3. The van der Waals surface area contributed by atoms with E-state index in [-0.39, 0.29) is 0 Å². The summed E-state index contributed by atoms with van der Waals surface area (Å²) in [4.78, 5) is 0. The minimum absolute atomic E-state index is 1.08. The van der Waals surface area contributed by atoms with Crippen molar-refractivity contribution in [1.82, 2.24) is 0 Å². The van der Waals surface area contributed by atoms with Crippen molar-refractivity contribution >= 4 is 8.07 Å². The maximum atomic E-state index is 3.32. The molecule has 1 heterocycles. The molecule has 1 heteroatoms. The second-order valence-corrected chi connectivity index (χ2v) is 9.47. The lowest BCUT2D eigenvalue weighted by molar-refractivity contribution is 0.782. The SMILES string of the molecule is C[Si]1(C)CC#CCCCCC#CC1. The third-order valence-electron chi connectivity index (χ3n) is 2.24. The molecule has 0 aromatic rings. The summed E-state index contributed by atoms with van der Waals surface area (Å²) in [7, 11) is -1.10. The van der Waals surface area contributed by atoms with Gasteiger partial charge in [0.2, 0.25) is 0 Å². The Labute approximate surface area is 83.1 Å². The summed E-state index contributed by atoms with van der Waals surface area (Å²) in [6.07, 6.45) is 4.60. The molecule has 13 heavy (non-hydrogen) atoms. The lowest BCUT2D eigenvalue weighted by atomic mass is 10.2. The molecular weight excluding hydrogens is 172 g/mol. The van der Waals surface area contributed by atoms with Gasteiger partial charge in [-0.05, 0) is 12.8 Å². The minimum Gasteiger partial charge on any atom is -0.106 e. The molecule has 0 saturated carbocycles. The molecule has 0 amide bonds. The van der Waals surface area contributed by atoms with Gasteiger partial charge in [-0.2, -0.15) is 0 Å². The summed E-state index contributed by atoms with van der Waals surface area (Å²) >= 11 is 0. The van der Waals surface area contributed by atoms with Crippen molar-refractivity contribution < 1.29 is 0 Å². The summed E-state index contributed by atoms with van der Waals surface area (Å²) < 4.78 is 0. The first kappa shape index (κ1) is 10.4. The molecule has 0 saturated heterocycles. The van der Waals surface area contributed by atoms with Gasteiger partial charge in [0.1, 0.15) is 0 Å². The van der Waals surface area contributed by atoms with Gasteiger partial charge in [0.25, 0.3) is 0 Å². The Kier molecular flexibility index (Phi) is 4.13. The first-order valence-electron chi connectivity index (χ1n) is 5.12. The van der Waals surface area contributed by atoms with Crippen LogP contribution in [-0.2, 0) is 0 Å². The van der Waals surface area contributed by atoms with Crippen LogP contribution in [-0.4, -0.2) is 8.07 Å². The molecule has 0 aromatic heterocycles. The summed E-state index contributed by atoms with van der Waals surface area (Å²) in [6.45, 7) is 4.77. The monoisotopic (exact) mass is 190 g/mol. The molecule has 0 atom stereocenters. The average molecular weight is 190 g/mol. The zero-order valence-corrected chi connectivity index (χ0v) is 9.74. The van der Waals surface area contributed by atoms with Crippen LogP contribution in [0.15, 0.2) is 0 Å². The van der Waals surface area contributed by atoms with Crippen LogP contribution in [0.25, 0.3) is 0 Å². The largest absolute Gasteiger partial charge is 0.106 e. The quantitative estimate of drug-likeness (QED) is 0.406. The zero-order valence-electron chi connectivity index (χ0n) is 8.74. The molecule has 0 bridgehead atoms. The van der Waals surface area contributed by atoms with Crippen LogP contribution in [0.1, 0.15) is 25.7 Å². The number of rotatable bonds is 0. The Morgan fingerprint density at radius 2 is 1.23 bits per heavy atom. The van der Waals surface area contributed by atoms with Crippen LogP contribution < -0.4 is 0 Å². The lowest BCUT2D eigenvalue weighted by Gasteiger charge is -2.14. The van der Waals surface area contributed by atoms with Gasteiger partial charge < -0.3 is 0 Å². The molecule has 0 aromatic carbocycles. The zero-order chi connectivity index (χ0) is 9.57. The fourth-order valence-electron chi connectivity index (χ4n) is 1.27. The molecule has 0 N–H and O–H groups in total. The van der Waals surface area contributed by atoms with Crippen molar-refractivity contribution in [2.75, 3.05) is 0 Å². The van der Waals surface area contributed by atoms with E-state index in [0.29, 0.717) is 0 Å². The molecule has 0 nitrogen and oxygen atoms in total. The van der Waals surface area contributed by atoms with Crippen molar-refractivity contribution in [3.63, 3.8) is 0 Å². The third kappa shape index (κ3) is 4.81. The minimum atomic E-state index is -1.10. The Bertz CT molecular complexity index is 239. The van der Waals surface area contributed by atoms with Gasteiger partial charge in [-0.1, -0.05) is 13.1 Å². The number of hydrogen-bond donors (Lipinski definition) is 0. The van der Waals surface area contributed by atoms with Crippen LogP contribution in [0.2, 0.25) is 25.2 Å². The molecule has 0 aliphatic carbocycles. The van der Waals surface area contributed by atoms with Gasteiger partial charge >= 0.3 is 0 Å². The number of hydrogen-bond acceptors (Lipinski definition) is 0. The van der Waals surface area contributed by atoms with Crippen LogP contribution >= 0.6 is 0 Å². The highest BCUT2D eigenvalue weighted by Crippen LogP contribution is 2.14. The summed E-state index contributed by atoms with van der Waals surface area (Å²) in [5.74, 6) is 13.2. The maximum Gasteiger partial charge on any atom is 0.0730 e. The molecule has 1 aliphatic rings. The highest BCUT2D eigenvalue weighted by Gasteiger charge is 2.17. The second-order valence-electron chi connectivity index (χ2n) is 4.43. The van der Waals surface area contributed by atoms with Crippen molar-refractivity contribution in [2.24, 2.45) is 0 Å². The molecule has 0 unspecified atom stereocenters. The first-order valence-corrected chi connectivity index (χ1v) is 8.54. The smallest absolute Gasteiger partial charge is 0.0730 e. The summed E-state index contributed by atoms with van der Waals surface area (Å²) in [5.41, 5.74) is 0. The second kappa shape index (κ2) is 5.15. The van der Waals surface area contributed by atoms with E-state index < -0.39 is 8.07 Å². The van der Waals surface area contributed by atoms with E-state index >= 15 is 0 Å². The highest BCUT2D eigenvalue weighted by atomic mass is 28.3. The third-order valence-corrected chi connectivity index (χ3v) is 4.51. The van der Waals surface area contributed by atoms with Crippen molar-refractivity contribution in [3.8, 4) is 23.7 Å². The predicted octanol–water partition coefficient (Wildman–Crippen LogP) is 3.28. The molecule has 70 valence electrons. The van der Waals surface area contributed by atoms with E-state index in [4.69, 9.17) is 0 Å². The molecule has 1 rings (SSSR count). The average Bonchev–Trinajstić information content (AvgIpc) is 2.10. The van der Waals surface area contributed by atoms with Crippen LogP contribution in [0, 0.1) is 23.7 Å². The van der Waals surface area contributed by atoms with E-state index in [1.165, 1.54) is 12.8 Å². The Morgan fingerprint density at radius 3 is 1.69 bits per heavy atom. The van der Waals surface area contributed by atoms with Gasteiger partial charge in [0, 0.05) is 24.9 Å². The molecule has 0 radical (unpaired) electrons. The maximum absolute atomic E-state index is 3.32. The fourth-order valence-corrected chi connectivity index (χ4v) is 2.60. The Hall–Kier alpha value is -0.663. The van der Waals surface area contributed by atoms with Gasteiger partial charge in [-0.15, -0.1) is 23.7 Å². The van der Waals surface area contributed by atoms with E-state index in [1.54, 1.807) is 0 Å². The van der Waals surface area contributed by atoms with Crippen LogP contribution in [0.3, 0.4) is 0 Å². The van der Waals surface area contributed by atoms with Crippen molar-refractivity contribution in [3.05, 3.63) is 0 Å². The molecular formula is C12H18Si. The Balaban J connectivity index is 2.57. The van der Waals surface area contributed by atoms with Crippen LogP contribution in [0.4, 0.5) is 0 Å². The normalized spacial score (nSPS) is 21.4. The highest BCUT2D eigenvalue weighted by molar-refractivity contribution is 6.78. The van der Waals surface area contributed by atoms with E-state index in [9.17, 15) is 0 Å². The first-order chi connectivity index (χ1) is 6.21. The predicted molar refractivity (Wildman–Crippen MR) is 61.1 cm³/mol. The van der Waals surface area contributed by atoms with Crippen molar-refractivity contribution in [2.45, 2.75) is 50.9 Å². The van der Waals surface area contributed by atoms with Gasteiger partial charge in [-0.3, -0.25) is 0 Å². The topological polar surface area (TPSA) is 0 Å². The Morgan fingerprint density at radius 1 is 0.769 bits per heavy atom. The van der Waals surface area contributed by atoms with E-state index in [2.05, 4.69) is 36.8 Å². The van der Waals surface area contributed by atoms with E-state index in [0.717, 1.165) is 24.9 Å². The van der Waals surface area contributed by atoms with Gasteiger partial charge in [-0.25, -0.2) is 0 Å².